The van der Waals surface area contributed by atoms with Gasteiger partial charge in [-0.3, -0.25) is 4.79 Å². The van der Waals surface area contributed by atoms with Crippen LogP contribution in [0.5, 0.6) is 0 Å². The Kier molecular flexibility index (Phi) is 3.03. The fraction of sp³-hybridized carbons (Fsp3) is 0.750. The zero-order valence-electron chi connectivity index (χ0n) is 5.45. The average Bonchev–Trinajstić information content (AvgIpc) is 1.60. The topological polar surface area (TPSA) is 63.3 Å². The number of rotatable bonds is 3. The molecular formula is C4H6B3NO2. The Hall–Kier alpha value is -0.375. The molecule has 0 heterocycles. The molecule has 0 rings (SSSR count). The Morgan fingerprint density at radius 1 is 1.60 bits per heavy atom. The molecule has 0 saturated carbocycles. The van der Waals surface area contributed by atoms with Gasteiger partial charge in [0.05, 0.1) is 30.0 Å². The van der Waals surface area contributed by atoms with Crippen molar-refractivity contribution in [1.82, 2.24) is 0 Å². The maximum absolute atomic E-state index is 10.0. The zero-order valence-corrected chi connectivity index (χ0v) is 5.45. The smallest absolute Gasteiger partial charge is 0.304 e. The SMILES string of the molecule is [B]C([B])([B])[C@H](N)CC(=O)O. The Morgan fingerprint density at radius 3 is 2.10 bits per heavy atom. The number of carboxylic acid groups (broad SMARTS) is 1. The maximum Gasteiger partial charge on any atom is 0.304 e. The summed E-state index contributed by atoms with van der Waals surface area (Å²) in [5, 5.41) is 6.59. The molecule has 0 amide bonds. The second-order valence-corrected chi connectivity index (χ2v) is 2.20. The highest BCUT2D eigenvalue weighted by molar-refractivity contribution is 6.59. The summed E-state index contributed by atoms with van der Waals surface area (Å²) < 4.78 is 0. The highest BCUT2D eigenvalue weighted by Crippen LogP contribution is 2.15. The standard InChI is InChI=1S/C4H6B3NO2/c5-4(6,7)2(8)1-3(9)10/h2H,1,8H2,(H,9,10)/t2-/m1/s1. The first kappa shape index (κ1) is 9.62. The predicted octanol–water partition coefficient (Wildman–Crippen LogP) is -1.63. The van der Waals surface area contributed by atoms with Crippen LogP contribution >= 0.6 is 0 Å². The molecule has 0 spiro atoms. The molecule has 48 valence electrons. The molecule has 0 fully saturated rings. The van der Waals surface area contributed by atoms with Crippen molar-refractivity contribution < 1.29 is 9.90 Å². The van der Waals surface area contributed by atoms with E-state index in [0.29, 0.717) is 0 Å². The van der Waals surface area contributed by atoms with Crippen LogP contribution in [-0.4, -0.2) is 40.7 Å². The Morgan fingerprint density at radius 2 is 2.00 bits per heavy atom. The van der Waals surface area contributed by atoms with Crippen LogP contribution in [0.15, 0.2) is 0 Å². The van der Waals surface area contributed by atoms with Gasteiger partial charge < -0.3 is 10.8 Å². The fourth-order valence-electron chi connectivity index (χ4n) is 0.365. The average molecular weight is 133 g/mol. The molecular weight excluding hydrogens is 126 g/mol. The lowest BCUT2D eigenvalue weighted by molar-refractivity contribution is -0.137. The molecule has 6 radical (unpaired) electrons. The van der Waals surface area contributed by atoms with Gasteiger partial charge in [0.2, 0.25) is 0 Å². The first-order valence-electron chi connectivity index (χ1n) is 2.68. The number of hydrogen-bond acceptors (Lipinski definition) is 2. The predicted molar refractivity (Wildman–Crippen MR) is 40.2 cm³/mol. The molecule has 0 aromatic rings. The van der Waals surface area contributed by atoms with Gasteiger partial charge in [-0.25, -0.2) is 0 Å². The van der Waals surface area contributed by atoms with E-state index >= 15 is 0 Å². The van der Waals surface area contributed by atoms with Gasteiger partial charge in [0.1, 0.15) is 0 Å². The number of hydrogen-bond donors (Lipinski definition) is 2. The van der Waals surface area contributed by atoms with Crippen molar-refractivity contribution in [3.63, 3.8) is 0 Å². The van der Waals surface area contributed by atoms with Crippen molar-refractivity contribution in [1.29, 1.82) is 0 Å². The van der Waals surface area contributed by atoms with Crippen molar-refractivity contribution in [2.24, 2.45) is 5.73 Å². The van der Waals surface area contributed by atoms with Crippen molar-refractivity contribution in [2.75, 3.05) is 0 Å². The summed E-state index contributed by atoms with van der Waals surface area (Å²) in [5.74, 6) is -1.07. The zero-order chi connectivity index (χ0) is 8.36. The molecule has 0 saturated heterocycles. The van der Waals surface area contributed by atoms with Crippen LogP contribution < -0.4 is 5.73 Å². The minimum absolute atomic E-state index is 0.330. The fourth-order valence-corrected chi connectivity index (χ4v) is 0.365. The summed E-state index contributed by atoms with van der Waals surface area (Å²) in [7, 11) is 15.3. The van der Waals surface area contributed by atoms with Gasteiger partial charge in [0, 0.05) is 0 Å². The van der Waals surface area contributed by atoms with Crippen LogP contribution in [0.4, 0.5) is 0 Å². The minimum atomic E-state index is -1.61. The van der Waals surface area contributed by atoms with E-state index in [4.69, 9.17) is 34.4 Å². The molecule has 6 heteroatoms. The number of carboxylic acids is 1. The Bertz CT molecular complexity index is 133. The third-order valence-corrected chi connectivity index (χ3v) is 1.04. The van der Waals surface area contributed by atoms with Gasteiger partial charge in [-0.2, -0.15) is 0 Å². The molecule has 0 bridgehead atoms. The molecule has 0 unspecified atom stereocenters. The van der Waals surface area contributed by atoms with Crippen LogP contribution in [0.1, 0.15) is 6.42 Å². The highest BCUT2D eigenvalue weighted by atomic mass is 16.4. The first-order valence-corrected chi connectivity index (χ1v) is 2.68. The molecule has 0 aliphatic heterocycles. The Balaban J connectivity index is 3.85. The van der Waals surface area contributed by atoms with Crippen molar-refractivity contribution in [2.45, 2.75) is 17.6 Å². The monoisotopic (exact) mass is 133 g/mol. The van der Waals surface area contributed by atoms with Gasteiger partial charge in [0.25, 0.3) is 0 Å². The maximum atomic E-state index is 10.0. The number of nitrogens with two attached hydrogens (primary N) is 1. The second kappa shape index (κ2) is 3.15. The summed E-state index contributed by atoms with van der Waals surface area (Å²) in [6.07, 6.45) is -0.330. The lowest BCUT2D eigenvalue weighted by Gasteiger charge is -2.26. The van der Waals surface area contributed by atoms with Gasteiger partial charge in [0.15, 0.2) is 0 Å². The van der Waals surface area contributed by atoms with E-state index in [1.54, 1.807) is 0 Å². The normalized spacial score (nSPS) is 14.5. The van der Waals surface area contributed by atoms with E-state index < -0.39 is 17.1 Å². The minimum Gasteiger partial charge on any atom is -0.481 e. The summed E-state index contributed by atoms with van der Waals surface area (Å²) in [4.78, 5) is 10.0. The van der Waals surface area contributed by atoms with Gasteiger partial charge in [-0.1, -0.05) is 0 Å². The second-order valence-electron chi connectivity index (χ2n) is 2.20. The van der Waals surface area contributed by atoms with Gasteiger partial charge >= 0.3 is 5.97 Å². The lowest BCUT2D eigenvalue weighted by atomic mass is 9.39. The van der Waals surface area contributed by atoms with E-state index in [2.05, 4.69) is 0 Å². The van der Waals surface area contributed by atoms with E-state index in [9.17, 15) is 4.79 Å². The highest BCUT2D eigenvalue weighted by Gasteiger charge is 2.21. The third kappa shape index (κ3) is 3.61. The quantitative estimate of drug-likeness (QED) is 0.453. The van der Waals surface area contributed by atoms with E-state index in [1.165, 1.54) is 0 Å². The molecule has 3 N–H and O–H groups in total. The summed E-state index contributed by atoms with van der Waals surface area (Å²) in [6.45, 7) is 0. The van der Waals surface area contributed by atoms with E-state index in [0.717, 1.165) is 0 Å². The summed E-state index contributed by atoms with van der Waals surface area (Å²) in [5.41, 5.74) is 5.20. The molecule has 0 aromatic heterocycles. The van der Waals surface area contributed by atoms with E-state index in [-0.39, 0.29) is 6.42 Å². The largest absolute Gasteiger partial charge is 0.481 e. The van der Waals surface area contributed by atoms with Crippen molar-refractivity contribution in [3.05, 3.63) is 0 Å². The summed E-state index contributed by atoms with van der Waals surface area (Å²) >= 11 is 0. The molecule has 0 aliphatic rings. The van der Waals surface area contributed by atoms with Crippen LogP contribution in [-0.2, 0) is 4.79 Å². The number of carbonyl (C=O) groups is 1. The molecule has 0 aromatic carbocycles. The molecule has 3 nitrogen and oxygen atoms in total. The van der Waals surface area contributed by atoms with Gasteiger partial charge in [-0.15, -0.1) is 5.11 Å². The molecule has 0 aliphatic carbocycles. The molecule has 10 heavy (non-hydrogen) atoms. The van der Waals surface area contributed by atoms with Crippen LogP contribution in [0.25, 0.3) is 0 Å². The van der Waals surface area contributed by atoms with Crippen LogP contribution in [0.2, 0.25) is 5.11 Å². The number of aliphatic carboxylic acids is 1. The Labute approximate surface area is 63.6 Å². The van der Waals surface area contributed by atoms with E-state index in [1.807, 2.05) is 0 Å². The first-order chi connectivity index (χ1) is 4.34. The lowest BCUT2D eigenvalue weighted by Crippen LogP contribution is -2.39. The third-order valence-electron chi connectivity index (χ3n) is 1.04. The molecule has 1 atom stereocenters. The van der Waals surface area contributed by atoms with Crippen molar-refractivity contribution in [3.8, 4) is 0 Å². The van der Waals surface area contributed by atoms with Gasteiger partial charge in [-0.05, 0) is 6.04 Å². The van der Waals surface area contributed by atoms with Crippen LogP contribution in [0, 0.1) is 0 Å². The van der Waals surface area contributed by atoms with Crippen molar-refractivity contribution >= 4 is 29.5 Å². The van der Waals surface area contributed by atoms with Crippen LogP contribution in [0.3, 0.4) is 0 Å². The summed E-state index contributed by atoms with van der Waals surface area (Å²) in [6, 6.07) is -0.926.